The summed E-state index contributed by atoms with van der Waals surface area (Å²) >= 11 is 0. The lowest BCUT2D eigenvalue weighted by molar-refractivity contribution is -0.302. The molecule has 1 amide bonds. The van der Waals surface area contributed by atoms with Gasteiger partial charge < -0.3 is 40.3 Å². The Morgan fingerprint density at radius 3 is 1.80 bits per heavy atom. The van der Waals surface area contributed by atoms with E-state index in [2.05, 4.69) is 79.9 Å². The molecule has 7 unspecified atom stereocenters. The van der Waals surface area contributed by atoms with Crippen molar-refractivity contribution in [1.29, 1.82) is 0 Å². The molecule has 0 aromatic heterocycles. The topological polar surface area (TPSA) is 149 Å². The number of unbranched alkanes of at least 4 members (excludes halogenated alkanes) is 6. The number of rotatable bonds is 28. The van der Waals surface area contributed by atoms with Gasteiger partial charge >= 0.3 is 0 Å². The number of aliphatic hydroxyl groups is 5. The van der Waals surface area contributed by atoms with Crippen LogP contribution in [0.2, 0.25) is 0 Å². The van der Waals surface area contributed by atoms with Crippen LogP contribution in [0.15, 0.2) is 85.1 Å². The fourth-order valence-corrected chi connectivity index (χ4v) is 5.17. The summed E-state index contributed by atoms with van der Waals surface area (Å²) in [5.41, 5.74) is 0. The maximum atomic E-state index is 12.8. The third kappa shape index (κ3) is 22.2. The molecule has 0 saturated carbocycles. The summed E-state index contributed by atoms with van der Waals surface area (Å²) in [6.07, 6.45) is 35.1. The van der Waals surface area contributed by atoms with Crippen LogP contribution in [-0.4, -0.2) is 87.5 Å². The highest BCUT2D eigenvalue weighted by Gasteiger charge is 2.44. The normalized spacial score (nSPS) is 23.2. The number of amides is 1. The second-order valence-electron chi connectivity index (χ2n) is 12.6. The van der Waals surface area contributed by atoms with Crippen LogP contribution in [0.25, 0.3) is 0 Å². The maximum absolute atomic E-state index is 12.8. The van der Waals surface area contributed by atoms with Gasteiger partial charge in [0.05, 0.1) is 25.4 Å². The van der Waals surface area contributed by atoms with Gasteiger partial charge in [-0.2, -0.15) is 0 Å². The minimum Gasteiger partial charge on any atom is -0.394 e. The number of nitrogens with one attached hydrogen (secondary N) is 1. The number of hydrogen-bond acceptors (Lipinski definition) is 8. The van der Waals surface area contributed by atoms with E-state index in [0.29, 0.717) is 6.42 Å². The molecule has 1 rings (SSSR count). The second kappa shape index (κ2) is 31.1. The van der Waals surface area contributed by atoms with Crippen LogP contribution >= 0.6 is 0 Å². The molecule has 1 saturated heterocycles. The average molecular weight is 702 g/mol. The molecule has 7 atom stereocenters. The largest absolute Gasteiger partial charge is 0.394 e. The molecule has 284 valence electrons. The van der Waals surface area contributed by atoms with Gasteiger partial charge in [0, 0.05) is 6.42 Å². The third-order valence-corrected chi connectivity index (χ3v) is 8.24. The molecule has 6 N–H and O–H groups in total. The number of carbonyl (C=O) groups is 1. The predicted molar refractivity (Wildman–Crippen MR) is 202 cm³/mol. The Morgan fingerprint density at radius 2 is 1.24 bits per heavy atom. The van der Waals surface area contributed by atoms with Crippen LogP contribution < -0.4 is 5.32 Å². The Morgan fingerprint density at radius 1 is 0.700 bits per heavy atom. The molecular weight excluding hydrogens is 634 g/mol. The Labute approximate surface area is 301 Å². The van der Waals surface area contributed by atoms with E-state index in [-0.39, 0.29) is 18.9 Å². The van der Waals surface area contributed by atoms with E-state index in [4.69, 9.17) is 9.47 Å². The number of hydrogen-bond donors (Lipinski definition) is 6. The van der Waals surface area contributed by atoms with Crippen LogP contribution in [0, 0.1) is 0 Å². The minimum absolute atomic E-state index is 0.215. The van der Waals surface area contributed by atoms with E-state index in [0.717, 1.165) is 57.8 Å². The zero-order chi connectivity index (χ0) is 36.7. The molecule has 50 heavy (non-hydrogen) atoms. The monoisotopic (exact) mass is 701 g/mol. The van der Waals surface area contributed by atoms with Crippen molar-refractivity contribution in [2.75, 3.05) is 13.2 Å². The molecule has 9 nitrogen and oxygen atoms in total. The zero-order valence-electron chi connectivity index (χ0n) is 30.6. The number of ether oxygens (including phenoxy) is 2. The summed E-state index contributed by atoms with van der Waals surface area (Å²) in [7, 11) is 0. The molecule has 0 aliphatic carbocycles. The molecule has 1 aliphatic heterocycles. The molecule has 0 radical (unpaired) electrons. The van der Waals surface area contributed by atoms with Crippen molar-refractivity contribution in [2.45, 2.75) is 153 Å². The second-order valence-corrected chi connectivity index (χ2v) is 12.6. The van der Waals surface area contributed by atoms with Crippen molar-refractivity contribution in [2.24, 2.45) is 0 Å². The Bertz CT molecular complexity index is 1050. The number of carbonyl (C=O) groups excluding carboxylic acids is 1. The van der Waals surface area contributed by atoms with Gasteiger partial charge in [-0.1, -0.05) is 131 Å². The van der Waals surface area contributed by atoms with Gasteiger partial charge in [0.1, 0.15) is 24.4 Å². The lowest BCUT2D eigenvalue weighted by Crippen LogP contribution is -2.60. The molecule has 0 aromatic carbocycles. The predicted octanol–water partition coefficient (Wildman–Crippen LogP) is 6.43. The van der Waals surface area contributed by atoms with Crippen LogP contribution in [0.3, 0.4) is 0 Å². The highest BCUT2D eigenvalue weighted by molar-refractivity contribution is 5.76. The Balaban J connectivity index is 2.48. The standard InChI is InChI=1S/C41H67NO8/c1-3-5-7-9-11-13-14-15-16-17-18-19-20-21-22-23-25-27-29-31-37(45)42-34(35(44)30-28-26-24-12-10-8-6-4-2)33-49-41-40(48)39(47)38(46)36(32-43)50-41/h5,7,11,13,15-16,18-19,21-22,25,27-28,30,34-36,38-41,43-44,46-48H,3-4,6,8-10,12,14,17,20,23-24,26,29,31-33H2,1-2H3,(H,42,45)/b7-5-,13-11-,16-15-,19-18-,22-21-,27-25-,30-28+. The number of aliphatic hydroxyl groups excluding tert-OH is 5. The van der Waals surface area contributed by atoms with Crippen molar-refractivity contribution in [1.82, 2.24) is 5.32 Å². The Hall–Kier alpha value is -2.63. The first-order valence-corrected chi connectivity index (χ1v) is 18.8. The van der Waals surface area contributed by atoms with Gasteiger partial charge in [0.15, 0.2) is 6.29 Å². The van der Waals surface area contributed by atoms with Crippen LogP contribution in [0.4, 0.5) is 0 Å². The first kappa shape index (κ1) is 45.4. The fourth-order valence-electron chi connectivity index (χ4n) is 5.17. The van der Waals surface area contributed by atoms with Gasteiger partial charge in [-0.25, -0.2) is 0 Å². The van der Waals surface area contributed by atoms with E-state index >= 15 is 0 Å². The highest BCUT2D eigenvalue weighted by atomic mass is 16.7. The summed E-state index contributed by atoms with van der Waals surface area (Å²) in [5, 5.41) is 53.6. The molecule has 0 spiro atoms. The molecule has 0 bridgehead atoms. The van der Waals surface area contributed by atoms with Crippen LogP contribution in [0.1, 0.15) is 110 Å². The van der Waals surface area contributed by atoms with Crippen molar-refractivity contribution in [3.05, 3.63) is 85.1 Å². The van der Waals surface area contributed by atoms with Crippen molar-refractivity contribution in [3.8, 4) is 0 Å². The van der Waals surface area contributed by atoms with Gasteiger partial charge in [-0.15, -0.1) is 0 Å². The van der Waals surface area contributed by atoms with Crippen molar-refractivity contribution >= 4 is 5.91 Å². The Kier molecular flexibility index (Phi) is 28.3. The molecule has 1 fully saturated rings. The van der Waals surface area contributed by atoms with E-state index < -0.39 is 49.5 Å². The molecular formula is C41H67NO8. The average Bonchev–Trinajstić information content (AvgIpc) is 3.11. The van der Waals surface area contributed by atoms with E-state index in [1.54, 1.807) is 6.08 Å². The first-order valence-electron chi connectivity index (χ1n) is 18.8. The van der Waals surface area contributed by atoms with E-state index in [9.17, 15) is 30.3 Å². The van der Waals surface area contributed by atoms with Crippen LogP contribution in [0.5, 0.6) is 0 Å². The number of allylic oxidation sites excluding steroid dienone is 13. The van der Waals surface area contributed by atoms with Gasteiger partial charge in [-0.05, 0) is 57.8 Å². The SMILES string of the molecule is CC/C=C\C/C=C\C/C=C\C/C=C\C/C=C\C/C=C\CCC(=O)NC(COC1OC(CO)C(O)C(O)C1O)C(O)/C=C/CCCCCCCC. The molecule has 9 heteroatoms. The summed E-state index contributed by atoms with van der Waals surface area (Å²) in [6.45, 7) is 3.52. The fraction of sp³-hybridized carbons (Fsp3) is 0.634. The molecule has 1 aliphatic rings. The third-order valence-electron chi connectivity index (χ3n) is 8.24. The van der Waals surface area contributed by atoms with Crippen LogP contribution in [-0.2, 0) is 14.3 Å². The molecule has 0 aromatic rings. The highest BCUT2D eigenvalue weighted by Crippen LogP contribution is 2.22. The summed E-state index contributed by atoms with van der Waals surface area (Å²) in [5.74, 6) is -0.268. The summed E-state index contributed by atoms with van der Waals surface area (Å²) < 4.78 is 11.1. The van der Waals surface area contributed by atoms with Gasteiger partial charge in [-0.3, -0.25) is 4.79 Å². The smallest absolute Gasteiger partial charge is 0.220 e. The lowest BCUT2D eigenvalue weighted by atomic mass is 9.99. The summed E-state index contributed by atoms with van der Waals surface area (Å²) in [4.78, 5) is 12.8. The van der Waals surface area contributed by atoms with Crippen molar-refractivity contribution in [3.63, 3.8) is 0 Å². The van der Waals surface area contributed by atoms with Gasteiger partial charge in [0.25, 0.3) is 0 Å². The quantitative estimate of drug-likeness (QED) is 0.0404. The zero-order valence-corrected chi connectivity index (χ0v) is 30.6. The molecule has 1 heterocycles. The van der Waals surface area contributed by atoms with Crippen molar-refractivity contribution < 1.29 is 39.8 Å². The first-order chi connectivity index (χ1) is 24.3. The lowest BCUT2D eigenvalue weighted by Gasteiger charge is -2.40. The van der Waals surface area contributed by atoms with E-state index in [1.165, 1.54) is 25.7 Å². The summed E-state index contributed by atoms with van der Waals surface area (Å²) in [6, 6.07) is -0.846. The minimum atomic E-state index is -1.58. The maximum Gasteiger partial charge on any atom is 0.220 e. The van der Waals surface area contributed by atoms with Gasteiger partial charge in [0.2, 0.25) is 5.91 Å². The van der Waals surface area contributed by atoms with E-state index in [1.807, 2.05) is 18.2 Å².